The van der Waals surface area contributed by atoms with E-state index < -0.39 is 0 Å². The van der Waals surface area contributed by atoms with Gasteiger partial charge in [-0.25, -0.2) is 0 Å². The van der Waals surface area contributed by atoms with E-state index in [0.717, 1.165) is 149 Å². The number of nitrogens with one attached hydrogen (secondary N) is 4. The molecule has 1 aliphatic heterocycles. The van der Waals surface area contributed by atoms with Crippen LogP contribution in [0.25, 0.3) is 81.4 Å². The van der Waals surface area contributed by atoms with Gasteiger partial charge in [0.25, 0.3) is 0 Å². The molecule has 0 aliphatic carbocycles. The van der Waals surface area contributed by atoms with Crippen molar-refractivity contribution in [3.05, 3.63) is 223 Å². The Morgan fingerprint density at radius 3 is 0.726 bits per heavy atom. The zero-order chi connectivity index (χ0) is 104. The van der Waals surface area contributed by atoms with E-state index in [-0.39, 0.29) is 66.1 Å². The first kappa shape index (κ1) is 120. The van der Waals surface area contributed by atoms with E-state index in [4.69, 9.17) is 83.9 Å². The third-order valence-electron chi connectivity index (χ3n) is 22.7. The Morgan fingerprint density at radius 1 is 0.233 bits per heavy atom. The summed E-state index contributed by atoms with van der Waals surface area (Å²) in [6, 6.07) is 39.9. The minimum absolute atomic E-state index is 0.0445. The van der Waals surface area contributed by atoms with Crippen molar-refractivity contribution in [1.82, 2.24) is 31.5 Å². The van der Waals surface area contributed by atoms with Crippen molar-refractivity contribution in [3.8, 4) is 81.4 Å². The van der Waals surface area contributed by atoms with Crippen molar-refractivity contribution in [2.24, 2.45) is 10.2 Å². The fourth-order valence-corrected chi connectivity index (χ4v) is 29.3. The molecule has 0 bridgehead atoms. The van der Waals surface area contributed by atoms with Crippen LogP contribution in [0.5, 0.6) is 0 Å². The average Bonchev–Trinajstić information content (AvgIpc) is 1.66. The molecular formula is C109H144N8O17S12. The number of hydrogen-bond donors (Lipinski definition) is 14. The second-order valence-corrected chi connectivity index (χ2v) is 49.2. The monoisotopic (exact) mass is 2220 g/mol. The minimum atomic E-state index is 0.0445. The van der Waals surface area contributed by atoms with Crippen LogP contribution in [0.2, 0.25) is 0 Å². The summed E-state index contributed by atoms with van der Waals surface area (Å²) in [5, 5.41) is 122. The van der Waals surface area contributed by atoms with Gasteiger partial charge in [0.2, 0.25) is 0 Å². The Morgan fingerprint density at radius 2 is 0.459 bits per heavy atom. The van der Waals surface area contributed by atoms with Crippen molar-refractivity contribution >= 4 is 147 Å². The summed E-state index contributed by atoms with van der Waals surface area (Å²) in [5.74, 6) is 1.76. The third kappa shape index (κ3) is 37.9. The van der Waals surface area contributed by atoms with Crippen LogP contribution in [0.1, 0.15) is 121 Å². The maximum Gasteiger partial charge on any atom is 0.158 e. The maximum absolute atomic E-state index is 8.94. The van der Waals surface area contributed by atoms with Gasteiger partial charge < -0.3 is 105 Å². The Bertz CT molecular complexity index is 5480. The van der Waals surface area contributed by atoms with Gasteiger partial charge in [-0.15, -0.1) is 135 Å². The van der Waals surface area contributed by atoms with Gasteiger partial charge in [0.15, 0.2) is 10.0 Å². The fraction of sp³-hybridized carbons (Fsp3) is 0.468. The second-order valence-electron chi connectivity index (χ2n) is 34.6. The number of aryl methyl sites for hydroxylation is 10. The van der Waals surface area contributed by atoms with E-state index in [1.807, 2.05) is 68.8 Å². The van der Waals surface area contributed by atoms with E-state index >= 15 is 0 Å². The molecule has 14 aromatic rings. The number of hydrogen-bond acceptors (Lipinski definition) is 37. The SMILES string of the molecule is Cc1cc(CCNCCO)c(-c2ccc(-c3sc(C)cc3CCNCCO)cc2)s1.Cc1cc(CCNCCO)c(-c2ccc(-c3sc(C)cc3CCNCCO)s2)s1.Cc1cc(CCOCCO)c(-c2ccc(-c3sc(C)cc3CCOCCO)o2)s1.Cc1cc(CCOCCO)c(-c2nnc(-c3sc(C)cc3CCOCCO)s2)s1.Cc1cc(CCOCCO)c(C2=NN=C(c3sc(C)cc3CCOCCO)C2)s1. The Hall–Kier alpha value is -6.70. The molecule has 14 N–H and O–H groups in total. The van der Waals surface area contributed by atoms with E-state index in [2.05, 4.69) is 208 Å². The molecule has 0 spiro atoms. The molecule has 0 radical (unpaired) electrons. The molecule has 0 atom stereocenters. The summed E-state index contributed by atoms with van der Waals surface area (Å²) in [4.78, 5) is 27.9. The second kappa shape index (κ2) is 65.6. The van der Waals surface area contributed by atoms with E-state index in [1.165, 1.54) is 155 Å². The number of aliphatic hydroxyl groups is 10. The first-order valence-corrected chi connectivity index (χ1v) is 59.5. The number of aliphatic hydroxyl groups excluding tert-OH is 10. The summed E-state index contributed by atoms with van der Waals surface area (Å²) in [7, 11) is 0. The van der Waals surface area contributed by atoms with Gasteiger partial charge in [-0.2, -0.15) is 10.2 Å². The van der Waals surface area contributed by atoms with Crippen LogP contribution in [0.4, 0.5) is 0 Å². The van der Waals surface area contributed by atoms with E-state index in [1.54, 1.807) is 79.4 Å². The van der Waals surface area contributed by atoms with E-state index in [9.17, 15) is 0 Å². The molecule has 0 amide bonds. The molecule has 0 saturated heterocycles. The highest BCUT2D eigenvalue weighted by Gasteiger charge is 2.27. The van der Waals surface area contributed by atoms with Gasteiger partial charge in [0, 0.05) is 111 Å². The molecule has 0 fully saturated rings. The number of aromatic nitrogens is 2. The summed E-state index contributed by atoms with van der Waals surface area (Å²) in [5.41, 5.74) is 17.4. The molecule has 0 unspecified atom stereocenters. The van der Waals surface area contributed by atoms with Crippen LogP contribution < -0.4 is 21.3 Å². The molecule has 146 heavy (non-hydrogen) atoms. The lowest BCUT2D eigenvalue weighted by molar-refractivity contribution is 0.0944. The first-order chi connectivity index (χ1) is 71.1. The highest BCUT2D eigenvalue weighted by atomic mass is 32.1. The normalized spacial score (nSPS) is 11.9. The lowest BCUT2D eigenvalue weighted by Gasteiger charge is -2.08. The molecule has 13 aromatic heterocycles. The maximum atomic E-state index is 8.94. The molecule has 25 nitrogen and oxygen atoms in total. The van der Waals surface area contributed by atoms with Crippen LogP contribution in [0.15, 0.2) is 124 Å². The van der Waals surface area contributed by atoms with Crippen LogP contribution in [-0.2, 0) is 92.6 Å². The van der Waals surface area contributed by atoms with Crippen LogP contribution in [-0.4, -0.2) is 270 Å². The quantitative estimate of drug-likeness (QED) is 0.0157. The van der Waals surface area contributed by atoms with Crippen molar-refractivity contribution in [1.29, 1.82) is 0 Å². The molecule has 37 heteroatoms. The highest BCUT2D eigenvalue weighted by molar-refractivity contribution is 7.27. The number of furan rings is 1. The molecule has 0 saturated carbocycles. The first-order valence-electron chi connectivity index (χ1n) is 49.7. The van der Waals surface area contributed by atoms with E-state index in [0.29, 0.717) is 105 Å². The van der Waals surface area contributed by atoms with Crippen molar-refractivity contribution in [3.63, 3.8) is 0 Å². The van der Waals surface area contributed by atoms with Crippen LogP contribution in [0.3, 0.4) is 0 Å². The number of benzene rings is 1. The summed E-state index contributed by atoms with van der Waals surface area (Å²) in [6.07, 6.45) is 9.41. The highest BCUT2D eigenvalue weighted by Crippen LogP contribution is 2.47. The smallest absolute Gasteiger partial charge is 0.158 e. The van der Waals surface area contributed by atoms with Gasteiger partial charge in [0.05, 0.1) is 186 Å². The number of nitrogens with zero attached hydrogens (tertiary/aromatic N) is 4. The largest absolute Gasteiger partial charge is 0.454 e. The third-order valence-corrected chi connectivity index (χ3v) is 36.6. The van der Waals surface area contributed by atoms with Gasteiger partial charge in [0.1, 0.15) is 11.5 Å². The number of thiophene rings is 11. The molecule has 14 heterocycles. The van der Waals surface area contributed by atoms with Crippen molar-refractivity contribution in [2.45, 2.75) is 140 Å². The zero-order valence-electron chi connectivity index (χ0n) is 85.4. The Balaban J connectivity index is 0.000000174. The molecule has 1 aromatic carbocycles. The zero-order valence-corrected chi connectivity index (χ0v) is 95.2. The van der Waals surface area contributed by atoms with Crippen molar-refractivity contribution < 1.29 is 83.9 Å². The standard InChI is InChI=1S/C24H32N2O2S2.C22H30N2O2S3.C22H28O5S2.C21H28N2O4S2.C20H26N2O4S3/c1-17-15-21(7-9-25-11-13-27)23(29-17)19-3-5-20(6-4-19)24-22(16-18(2)30-24)8-10-26-12-14-28;1-15-13-17(5-7-23-9-11-25)21(27-15)19-3-4-20(29-19)22-18(14-16(2)28-22)6-8-24-10-12-26;1-15-13-17(5-9-25-11-7-23)21(28-15)19-3-4-20(27-19)22-18(14-16(2)29-22)6-10-26-12-8-24;1-14-11-16(3-7-26-9-5-24)20(28-14)18-13-19(23-22-18)21-17(12-15(2)29-21)4-8-27-10-6-25;1-13-11-15(3-7-25-9-5-23)17(27-13)19-21-22-20(29-19)18-16(12-14(2)28-18)4-8-26-10-6-24/h3-6,15-16,25-28H,7-14H2,1-2H3;3-4,13-14,23-26H,5-12H2,1-2H3;3-4,13-14,23-24H,5-12H2,1-2H3;11-12,24-25H,3-10,13H2,1-2H3;11-12,23-24H,3-10H2,1-2H3. The van der Waals surface area contributed by atoms with Gasteiger partial charge in [-0.05, 0) is 311 Å². The summed E-state index contributed by atoms with van der Waals surface area (Å²) >= 11 is 21.4. The lowest BCUT2D eigenvalue weighted by Crippen LogP contribution is -2.20. The summed E-state index contributed by atoms with van der Waals surface area (Å²) in [6.45, 7) is 34.1. The van der Waals surface area contributed by atoms with Crippen LogP contribution >= 0.6 is 136 Å². The van der Waals surface area contributed by atoms with Gasteiger partial charge >= 0.3 is 0 Å². The topological polar surface area (TPSA) is 369 Å². The minimum Gasteiger partial charge on any atom is -0.454 e. The fourth-order valence-electron chi connectivity index (χ4n) is 16.4. The average molecular weight is 2220 g/mol. The number of rotatable bonds is 60. The van der Waals surface area contributed by atoms with Gasteiger partial charge in [-0.3, -0.25) is 0 Å². The molecule has 1 aliphatic rings. The lowest BCUT2D eigenvalue weighted by atomic mass is 10.0. The predicted octanol–water partition coefficient (Wildman–Crippen LogP) is 19.4. The van der Waals surface area contributed by atoms with Gasteiger partial charge in [-0.1, -0.05) is 35.6 Å². The predicted molar refractivity (Wildman–Crippen MR) is 614 cm³/mol. The Kier molecular flexibility index (Phi) is 53.7. The van der Waals surface area contributed by atoms with Crippen LogP contribution in [0, 0.1) is 69.2 Å². The molecule has 794 valence electrons. The molecular weight excluding hydrogens is 2080 g/mol. The Labute approximate surface area is 907 Å². The van der Waals surface area contributed by atoms with Crippen molar-refractivity contribution in [2.75, 3.05) is 198 Å². The molecule has 15 rings (SSSR count). The number of ether oxygens (including phenoxy) is 6. The summed E-state index contributed by atoms with van der Waals surface area (Å²) < 4.78 is 38.9.